The van der Waals surface area contributed by atoms with Gasteiger partial charge in [-0.3, -0.25) is 4.79 Å². The van der Waals surface area contributed by atoms with E-state index >= 15 is 0 Å². The van der Waals surface area contributed by atoms with Crippen molar-refractivity contribution < 1.29 is 9.53 Å². The zero-order valence-electron chi connectivity index (χ0n) is 16.0. The van der Waals surface area contributed by atoms with Crippen LogP contribution in [-0.2, 0) is 13.0 Å². The van der Waals surface area contributed by atoms with Crippen LogP contribution in [0.2, 0.25) is 0 Å². The van der Waals surface area contributed by atoms with Gasteiger partial charge in [0.2, 0.25) is 0 Å². The van der Waals surface area contributed by atoms with Gasteiger partial charge in [0.05, 0.1) is 11.3 Å². The molecule has 0 saturated carbocycles. The van der Waals surface area contributed by atoms with Crippen molar-refractivity contribution in [3.63, 3.8) is 0 Å². The number of para-hydroxylation sites is 1. The molecular formula is C23H24N2O2. The normalized spacial score (nSPS) is 10.6. The van der Waals surface area contributed by atoms with E-state index in [2.05, 4.69) is 11.7 Å². The summed E-state index contributed by atoms with van der Waals surface area (Å²) >= 11 is 0. The number of hydrogen-bond donors (Lipinski definition) is 0. The van der Waals surface area contributed by atoms with E-state index in [9.17, 15) is 4.79 Å². The highest BCUT2D eigenvalue weighted by Crippen LogP contribution is 2.23. The molecule has 1 aromatic heterocycles. The molecule has 3 aromatic rings. The molecule has 0 N–H and O–H groups in total. The van der Waals surface area contributed by atoms with Crippen LogP contribution < -0.4 is 4.74 Å². The zero-order valence-corrected chi connectivity index (χ0v) is 16.0. The average Bonchev–Trinajstić information content (AvgIpc) is 2.94. The molecular weight excluding hydrogens is 336 g/mol. The number of carbonyl (C=O) groups excluding carboxylic acids is 1. The maximum absolute atomic E-state index is 13.1. The maximum atomic E-state index is 13.1. The molecule has 0 unspecified atom stereocenters. The lowest BCUT2D eigenvalue weighted by atomic mass is 10.1. The maximum Gasteiger partial charge on any atom is 0.282 e. The van der Waals surface area contributed by atoms with Gasteiger partial charge in [-0.1, -0.05) is 54.6 Å². The molecule has 4 nitrogen and oxygen atoms in total. The first-order chi connectivity index (χ1) is 13.0. The predicted molar refractivity (Wildman–Crippen MR) is 107 cm³/mol. The van der Waals surface area contributed by atoms with Crippen LogP contribution in [0.1, 0.15) is 39.8 Å². The van der Waals surface area contributed by atoms with E-state index in [1.54, 1.807) is 6.07 Å². The third-order valence-corrected chi connectivity index (χ3v) is 4.47. The molecule has 2 aromatic carbocycles. The lowest BCUT2D eigenvalue weighted by Crippen LogP contribution is -2.17. The average molecular weight is 360 g/mol. The molecule has 1 heterocycles. The van der Waals surface area contributed by atoms with Crippen LogP contribution in [0, 0.1) is 13.8 Å². The third-order valence-electron chi connectivity index (χ3n) is 4.47. The Kier molecular flexibility index (Phi) is 5.55. The van der Waals surface area contributed by atoms with E-state index in [1.807, 2.05) is 69.3 Å². The largest absolute Gasteiger partial charge is 0.488 e. The summed E-state index contributed by atoms with van der Waals surface area (Å²) in [4.78, 5) is 13.1. The summed E-state index contributed by atoms with van der Waals surface area (Å²) < 4.78 is 7.40. The van der Waals surface area contributed by atoms with E-state index in [0.29, 0.717) is 17.9 Å². The van der Waals surface area contributed by atoms with Gasteiger partial charge < -0.3 is 4.74 Å². The quantitative estimate of drug-likeness (QED) is 0.588. The number of aryl methyl sites for hydroxylation is 1. The van der Waals surface area contributed by atoms with Crippen LogP contribution in [0.4, 0.5) is 0 Å². The fourth-order valence-corrected chi connectivity index (χ4v) is 3.05. The Morgan fingerprint density at radius 2 is 1.74 bits per heavy atom. The van der Waals surface area contributed by atoms with Gasteiger partial charge in [-0.25, -0.2) is 4.68 Å². The van der Waals surface area contributed by atoms with E-state index in [4.69, 9.17) is 4.74 Å². The van der Waals surface area contributed by atoms with Crippen LogP contribution in [0.25, 0.3) is 0 Å². The summed E-state index contributed by atoms with van der Waals surface area (Å²) in [6, 6.07) is 17.2. The van der Waals surface area contributed by atoms with Crippen LogP contribution in [0.5, 0.6) is 5.75 Å². The standard InChI is InChI=1S/C23H24N2O2/c1-16(2)14-21-17(3)24-25(18(21)4)23(26)20-12-8-9-13-22(20)27-15-19-10-6-5-7-11-19/h5-13H,1,14-15H2,2-4H3. The number of ether oxygens (including phenoxy) is 1. The van der Waals surface area contributed by atoms with Gasteiger partial charge >= 0.3 is 0 Å². The summed E-state index contributed by atoms with van der Waals surface area (Å²) in [5.41, 5.74) is 5.35. The Balaban J connectivity index is 1.89. The van der Waals surface area contributed by atoms with Gasteiger partial charge in [0.1, 0.15) is 12.4 Å². The van der Waals surface area contributed by atoms with Gasteiger partial charge in [0.15, 0.2) is 0 Å². The molecule has 0 aliphatic rings. The molecule has 0 spiro atoms. The fraction of sp³-hybridized carbons (Fsp3) is 0.217. The SMILES string of the molecule is C=C(C)Cc1c(C)nn(C(=O)c2ccccc2OCc2ccccc2)c1C. The molecule has 3 rings (SSSR count). The van der Waals surface area contributed by atoms with E-state index < -0.39 is 0 Å². The second kappa shape index (κ2) is 8.04. The molecule has 0 aliphatic heterocycles. The second-order valence-corrected chi connectivity index (χ2v) is 6.77. The number of benzene rings is 2. The highest BCUT2D eigenvalue weighted by molar-refractivity contribution is 5.98. The van der Waals surface area contributed by atoms with E-state index in [1.165, 1.54) is 4.68 Å². The Hall–Kier alpha value is -3.14. The first-order valence-electron chi connectivity index (χ1n) is 8.97. The van der Waals surface area contributed by atoms with Gasteiger partial charge in [-0.05, 0) is 44.9 Å². The van der Waals surface area contributed by atoms with Crippen molar-refractivity contribution in [2.45, 2.75) is 33.8 Å². The van der Waals surface area contributed by atoms with Crippen molar-refractivity contribution in [1.82, 2.24) is 9.78 Å². The van der Waals surface area contributed by atoms with Gasteiger partial charge in [0.25, 0.3) is 5.91 Å². The lowest BCUT2D eigenvalue weighted by molar-refractivity contribution is 0.0937. The predicted octanol–water partition coefficient (Wildman–Crippen LogP) is 4.89. The van der Waals surface area contributed by atoms with Crippen molar-refractivity contribution in [2.75, 3.05) is 0 Å². The van der Waals surface area contributed by atoms with Crippen molar-refractivity contribution >= 4 is 5.91 Å². The molecule has 138 valence electrons. The zero-order chi connectivity index (χ0) is 19.4. The topological polar surface area (TPSA) is 44.1 Å². The van der Waals surface area contributed by atoms with Crippen LogP contribution in [0.3, 0.4) is 0 Å². The Morgan fingerprint density at radius 1 is 1.07 bits per heavy atom. The van der Waals surface area contributed by atoms with Gasteiger partial charge in [-0.2, -0.15) is 5.10 Å². The summed E-state index contributed by atoms with van der Waals surface area (Å²) in [7, 11) is 0. The van der Waals surface area contributed by atoms with E-state index in [-0.39, 0.29) is 5.91 Å². The number of nitrogens with zero attached hydrogens (tertiary/aromatic N) is 2. The van der Waals surface area contributed by atoms with Crippen molar-refractivity contribution in [1.29, 1.82) is 0 Å². The summed E-state index contributed by atoms with van der Waals surface area (Å²) in [5, 5.41) is 4.47. The van der Waals surface area contributed by atoms with Gasteiger partial charge in [0, 0.05) is 11.3 Å². The minimum absolute atomic E-state index is 0.188. The van der Waals surface area contributed by atoms with Gasteiger partial charge in [-0.15, -0.1) is 0 Å². The monoisotopic (exact) mass is 360 g/mol. The molecule has 0 saturated heterocycles. The van der Waals surface area contributed by atoms with Crippen LogP contribution in [0.15, 0.2) is 66.7 Å². The summed E-state index contributed by atoms with van der Waals surface area (Å²) in [6.07, 6.45) is 0.719. The molecule has 0 amide bonds. The highest BCUT2D eigenvalue weighted by Gasteiger charge is 2.20. The highest BCUT2D eigenvalue weighted by atomic mass is 16.5. The number of allylic oxidation sites excluding steroid dienone is 1. The molecule has 0 bridgehead atoms. The molecule has 0 atom stereocenters. The number of rotatable bonds is 6. The third kappa shape index (κ3) is 4.17. The molecule has 0 fully saturated rings. The van der Waals surface area contributed by atoms with Crippen LogP contribution in [-0.4, -0.2) is 15.7 Å². The second-order valence-electron chi connectivity index (χ2n) is 6.77. The number of aromatic nitrogens is 2. The Morgan fingerprint density at radius 3 is 2.44 bits per heavy atom. The first kappa shape index (κ1) is 18.6. The van der Waals surface area contributed by atoms with Crippen molar-refractivity contribution in [3.8, 4) is 5.75 Å². The van der Waals surface area contributed by atoms with Crippen LogP contribution >= 0.6 is 0 Å². The Labute approximate surface area is 160 Å². The molecule has 4 heteroatoms. The fourth-order valence-electron chi connectivity index (χ4n) is 3.05. The number of carbonyl (C=O) groups is 1. The van der Waals surface area contributed by atoms with Crippen molar-refractivity contribution in [3.05, 3.63) is 94.8 Å². The van der Waals surface area contributed by atoms with E-state index in [0.717, 1.165) is 34.5 Å². The minimum atomic E-state index is -0.188. The molecule has 0 aliphatic carbocycles. The Bertz CT molecular complexity index is 971. The van der Waals surface area contributed by atoms with Crippen molar-refractivity contribution in [2.24, 2.45) is 0 Å². The molecule has 0 radical (unpaired) electrons. The smallest absolute Gasteiger partial charge is 0.282 e. The number of hydrogen-bond acceptors (Lipinski definition) is 3. The summed E-state index contributed by atoms with van der Waals surface area (Å²) in [5.74, 6) is 0.368. The first-order valence-corrected chi connectivity index (χ1v) is 8.97. The summed E-state index contributed by atoms with van der Waals surface area (Å²) in [6.45, 7) is 10.2. The minimum Gasteiger partial charge on any atom is -0.488 e. The lowest BCUT2D eigenvalue weighted by Gasteiger charge is -2.11. The molecule has 27 heavy (non-hydrogen) atoms.